The van der Waals surface area contributed by atoms with Gasteiger partial charge >= 0.3 is 5.97 Å². The van der Waals surface area contributed by atoms with Crippen LogP contribution in [-0.4, -0.2) is 24.1 Å². The molecular formula is C18H30O4. The largest absolute Gasteiger partial charge is 0.465 e. The van der Waals surface area contributed by atoms with E-state index in [2.05, 4.69) is 6.92 Å². The summed E-state index contributed by atoms with van der Waals surface area (Å²) in [5.74, 6) is -1.46. The number of unbranched alkanes of at least 4 members (excludes halogenated alkanes) is 4. The third-order valence-corrected chi connectivity index (χ3v) is 4.68. The molecule has 0 radical (unpaired) electrons. The molecule has 0 amide bonds. The van der Waals surface area contributed by atoms with Crippen molar-refractivity contribution in [2.24, 2.45) is 17.8 Å². The van der Waals surface area contributed by atoms with Gasteiger partial charge in [-0.05, 0) is 32.6 Å². The van der Waals surface area contributed by atoms with Gasteiger partial charge in [0.15, 0.2) is 0 Å². The molecular weight excluding hydrogens is 280 g/mol. The van der Waals surface area contributed by atoms with Gasteiger partial charge in [0.25, 0.3) is 0 Å². The highest BCUT2D eigenvalue weighted by Gasteiger charge is 2.44. The standard InChI is InChI=1S/C18H30O4/c1-4-6-7-8-9-10-14-15(11-12-16(14)20)17(13(3)19)18(21)22-5-2/h14-15,17H,4-12H2,1-3H3. The fraction of sp³-hybridized carbons (Fsp3) is 0.833. The molecule has 22 heavy (non-hydrogen) atoms. The van der Waals surface area contributed by atoms with Crippen molar-refractivity contribution in [2.75, 3.05) is 6.61 Å². The monoisotopic (exact) mass is 310 g/mol. The topological polar surface area (TPSA) is 60.4 Å². The number of carbonyl (C=O) groups is 3. The molecule has 1 rings (SSSR count). The van der Waals surface area contributed by atoms with Crippen LogP contribution in [0.4, 0.5) is 0 Å². The minimum absolute atomic E-state index is 0.139. The van der Waals surface area contributed by atoms with Crippen molar-refractivity contribution in [1.29, 1.82) is 0 Å². The number of carbonyl (C=O) groups excluding carboxylic acids is 3. The van der Waals surface area contributed by atoms with Gasteiger partial charge in [0.1, 0.15) is 17.5 Å². The highest BCUT2D eigenvalue weighted by atomic mass is 16.5. The van der Waals surface area contributed by atoms with Crippen molar-refractivity contribution in [3.05, 3.63) is 0 Å². The fourth-order valence-electron chi connectivity index (χ4n) is 3.55. The normalized spacial score (nSPS) is 22.6. The van der Waals surface area contributed by atoms with E-state index in [9.17, 15) is 14.4 Å². The van der Waals surface area contributed by atoms with Crippen LogP contribution in [0.2, 0.25) is 0 Å². The van der Waals surface area contributed by atoms with Gasteiger partial charge in [-0.2, -0.15) is 0 Å². The first-order valence-corrected chi connectivity index (χ1v) is 8.72. The van der Waals surface area contributed by atoms with Gasteiger partial charge in [0.2, 0.25) is 0 Å². The van der Waals surface area contributed by atoms with Crippen molar-refractivity contribution < 1.29 is 19.1 Å². The van der Waals surface area contributed by atoms with Crippen LogP contribution in [-0.2, 0) is 19.1 Å². The maximum atomic E-state index is 12.1. The van der Waals surface area contributed by atoms with Crippen LogP contribution in [0.25, 0.3) is 0 Å². The summed E-state index contributed by atoms with van der Waals surface area (Å²) in [6, 6.07) is 0. The van der Waals surface area contributed by atoms with E-state index in [1.165, 1.54) is 26.2 Å². The molecule has 1 fully saturated rings. The van der Waals surface area contributed by atoms with E-state index >= 15 is 0 Å². The third-order valence-electron chi connectivity index (χ3n) is 4.68. The molecule has 0 N–H and O–H groups in total. The molecule has 0 aliphatic heterocycles. The Bertz CT molecular complexity index is 389. The van der Waals surface area contributed by atoms with Crippen molar-refractivity contribution in [1.82, 2.24) is 0 Å². The second-order valence-electron chi connectivity index (χ2n) is 6.32. The van der Waals surface area contributed by atoms with Gasteiger partial charge in [-0.15, -0.1) is 0 Å². The number of Topliss-reactive ketones (excluding diaryl/α,β-unsaturated/α-hetero) is 2. The van der Waals surface area contributed by atoms with Crippen LogP contribution in [0, 0.1) is 17.8 Å². The van der Waals surface area contributed by atoms with Gasteiger partial charge in [-0.3, -0.25) is 14.4 Å². The predicted octanol–water partition coefficient (Wildman–Crippen LogP) is 3.71. The molecule has 0 aromatic heterocycles. The van der Waals surface area contributed by atoms with Crippen LogP contribution in [0.5, 0.6) is 0 Å². The molecule has 0 saturated heterocycles. The molecule has 1 aliphatic rings. The molecule has 3 unspecified atom stereocenters. The van der Waals surface area contributed by atoms with Crippen molar-refractivity contribution in [3.8, 4) is 0 Å². The maximum absolute atomic E-state index is 12.1. The first-order chi connectivity index (χ1) is 10.5. The Balaban J connectivity index is 2.66. The van der Waals surface area contributed by atoms with E-state index in [4.69, 9.17) is 4.74 Å². The van der Waals surface area contributed by atoms with Crippen LogP contribution >= 0.6 is 0 Å². The summed E-state index contributed by atoms with van der Waals surface area (Å²) in [7, 11) is 0. The fourth-order valence-corrected chi connectivity index (χ4v) is 3.55. The number of hydrogen-bond donors (Lipinski definition) is 0. The second-order valence-corrected chi connectivity index (χ2v) is 6.32. The Morgan fingerprint density at radius 3 is 2.45 bits per heavy atom. The van der Waals surface area contributed by atoms with Crippen molar-refractivity contribution >= 4 is 17.5 Å². The van der Waals surface area contributed by atoms with Gasteiger partial charge in [0, 0.05) is 12.3 Å². The van der Waals surface area contributed by atoms with E-state index in [0.717, 1.165) is 19.3 Å². The van der Waals surface area contributed by atoms with E-state index in [0.29, 0.717) is 12.8 Å². The van der Waals surface area contributed by atoms with Gasteiger partial charge < -0.3 is 4.74 Å². The van der Waals surface area contributed by atoms with Gasteiger partial charge in [-0.1, -0.05) is 39.0 Å². The smallest absolute Gasteiger partial charge is 0.316 e. The van der Waals surface area contributed by atoms with E-state index in [-0.39, 0.29) is 30.0 Å². The molecule has 0 heterocycles. The zero-order chi connectivity index (χ0) is 16.5. The third kappa shape index (κ3) is 5.22. The summed E-state index contributed by atoms with van der Waals surface area (Å²) in [6.45, 7) is 5.61. The van der Waals surface area contributed by atoms with E-state index < -0.39 is 11.9 Å². The van der Waals surface area contributed by atoms with Crippen LogP contribution in [0.1, 0.15) is 72.1 Å². The molecule has 0 aromatic carbocycles. The first kappa shape index (κ1) is 18.9. The summed E-state index contributed by atoms with van der Waals surface area (Å²) < 4.78 is 5.05. The Morgan fingerprint density at radius 2 is 1.86 bits per heavy atom. The average molecular weight is 310 g/mol. The molecule has 0 bridgehead atoms. The minimum Gasteiger partial charge on any atom is -0.465 e. The van der Waals surface area contributed by atoms with Crippen molar-refractivity contribution in [3.63, 3.8) is 0 Å². The lowest BCUT2D eigenvalue weighted by Crippen LogP contribution is -2.34. The Hall–Kier alpha value is -1.19. The summed E-state index contributed by atoms with van der Waals surface area (Å²) >= 11 is 0. The molecule has 1 aliphatic carbocycles. The Labute approximate surface area is 134 Å². The number of ketones is 2. The summed E-state index contributed by atoms with van der Waals surface area (Å²) in [5.41, 5.74) is 0. The lowest BCUT2D eigenvalue weighted by Gasteiger charge is -2.24. The summed E-state index contributed by atoms with van der Waals surface area (Å²) in [4.78, 5) is 36.1. The highest BCUT2D eigenvalue weighted by molar-refractivity contribution is 5.99. The van der Waals surface area contributed by atoms with Crippen LogP contribution < -0.4 is 0 Å². The summed E-state index contributed by atoms with van der Waals surface area (Å²) in [5, 5.41) is 0. The summed E-state index contributed by atoms with van der Waals surface area (Å²) in [6.07, 6.45) is 7.66. The second kappa shape index (κ2) is 9.75. The highest BCUT2D eigenvalue weighted by Crippen LogP contribution is 2.38. The first-order valence-electron chi connectivity index (χ1n) is 8.72. The molecule has 126 valence electrons. The molecule has 4 nitrogen and oxygen atoms in total. The molecule has 3 atom stereocenters. The quantitative estimate of drug-likeness (QED) is 0.350. The maximum Gasteiger partial charge on any atom is 0.316 e. The molecule has 0 spiro atoms. The average Bonchev–Trinajstić information content (AvgIpc) is 2.80. The Morgan fingerprint density at radius 1 is 1.18 bits per heavy atom. The Kier molecular flexibility index (Phi) is 8.36. The minimum atomic E-state index is -0.757. The zero-order valence-electron chi connectivity index (χ0n) is 14.2. The zero-order valence-corrected chi connectivity index (χ0v) is 14.2. The molecule has 0 aromatic rings. The number of hydrogen-bond acceptors (Lipinski definition) is 4. The number of rotatable bonds is 10. The SMILES string of the molecule is CCCCCCCC1C(=O)CCC1C(C(C)=O)C(=O)OCC. The van der Waals surface area contributed by atoms with Crippen LogP contribution in [0.3, 0.4) is 0 Å². The predicted molar refractivity (Wildman–Crippen MR) is 85.4 cm³/mol. The molecule has 1 saturated carbocycles. The van der Waals surface area contributed by atoms with E-state index in [1.807, 2.05) is 0 Å². The van der Waals surface area contributed by atoms with Gasteiger partial charge in [-0.25, -0.2) is 0 Å². The number of ether oxygens (including phenoxy) is 1. The lowest BCUT2D eigenvalue weighted by molar-refractivity contribution is -0.154. The van der Waals surface area contributed by atoms with Crippen molar-refractivity contribution in [2.45, 2.75) is 72.1 Å². The lowest BCUT2D eigenvalue weighted by atomic mass is 9.79. The number of esters is 1. The van der Waals surface area contributed by atoms with E-state index in [1.54, 1.807) is 6.92 Å². The molecule has 4 heteroatoms. The van der Waals surface area contributed by atoms with Gasteiger partial charge in [0.05, 0.1) is 6.61 Å². The van der Waals surface area contributed by atoms with Crippen LogP contribution in [0.15, 0.2) is 0 Å².